The van der Waals surface area contributed by atoms with Gasteiger partial charge in [0.2, 0.25) is 5.91 Å². The molecule has 0 bridgehead atoms. The molecule has 0 aliphatic carbocycles. The molecule has 0 aliphatic rings. The third-order valence-corrected chi connectivity index (χ3v) is 5.71. The van der Waals surface area contributed by atoms with Gasteiger partial charge in [0, 0.05) is 17.7 Å². The van der Waals surface area contributed by atoms with Gasteiger partial charge in [0.25, 0.3) is 0 Å². The second kappa shape index (κ2) is 10.0. The molecule has 0 spiro atoms. The van der Waals surface area contributed by atoms with E-state index in [1.807, 2.05) is 37.3 Å². The predicted molar refractivity (Wildman–Crippen MR) is 122 cm³/mol. The van der Waals surface area contributed by atoms with Crippen LogP contribution in [0.1, 0.15) is 26.0 Å². The molecule has 0 saturated heterocycles. The fourth-order valence-electron chi connectivity index (χ4n) is 3.35. The van der Waals surface area contributed by atoms with Crippen molar-refractivity contribution in [3.63, 3.8) is 0 Å². The summed E-state index contributed by atoms with van der Waals surface area (Å²) in [6, 6.07) is 13.1. The second-order valence-electron chi connectivity index (χ2n) is 7.70. The van der Waals surface area contributed by atoms with Crippen LogP contribution >= 0.6 is 11.5 Å². The van der Waals surface area contributed by atoms with E-state index < -0.39 is 6.04 Å². The number of aromatic nitrogens is 2. The maximum atomic E-state index is 12.6. The Bertz CT molecular complexity index is 1070. The third-order valence-electron chi connectivity index (χ3n) is 4.84. The number of benzene rings is 1. The molecule has 0 radical (unpaired) electrons. The molecule has 1 aromatic carbocycles. The quantitative estimate of drug-likeness (QED) is 0.317. The van der Waals surface area contributed by atoms with Crippen LogP contribution in [-0.4, -0.2) is 22.9 Å². The Morgan fingerprint density at radius 2 is 1.77 bits per heavy atom. The first-order valence-electron chi connectivity index (χ1n) is 10.1. The fraction of sp³-hybridized carbons (Fsp3) is 0.304. The first-order chi connectivity index (χ1) is 14.9. The molecule has 2 aromatic heterocycles. The number of rotatable bonds is 8. The molecule has 0 fully saturated rings. The Labute approximate surface area is 186 Å². The SMILES string of the molecule is Cc1nsc(N[C@@H](CC(C)C)C(=O)NCC#N)c1-c1ccc(-c2cc[n+]([O-])cc2)cc1. The van der Waals surface area contributed by atoms with E-state index in [-0.39, 0.29) is 12.5 Å². The molecule has 1 atom stereocenters. The van der Waals surface area contributed by atoms with E-state index in [1.165, 1.54) is 23.9 Å². The summed E-state index contributed by atoms with van der Waals surface area (Å²) in [6.07, 6.45) is 3.59. The summed E-state index contributed by atoms with van der Waals surface area (Å²) in [4.78, 5) is 12.6. The highest BCUT2D eigenvalue weighted by molar-refractivity contribution is 7.11. The minimum atomic E-state index is -0.450. The lowest BCUT2D eigenvalue weighted by Crippen LogP contribution is -2.40. The van der Waals surface area contributed by atoms with Gasteiger partial charge >= 0.3 is 0 Å². The van der Waals surface area contributed by atoms with Crippen LogP contribution < -0.4 is 15.4 Å². The van der Waals surface area contributed by atoms with Crippen molar-refractivity contribution in [1.29, 1.82) is 5.26 Å². The molecule has 3 aromatic rings. The number of anilines is 1. The number of carbonyl (C=O) groups excluding carboxylic acids is 1. The molecule has 0 saturated carbocycles. The molecular weight excluding hydrogens is 410 g/mol. The number of hydrogen-bond acceptors (Lipinski definition) is 6. The summed E-state index contributed by atoms with van der Waals surface area (Å²) >= 11 is 1.33. The monoisotopic (exact) mass is 435 g/mol. The van der Waals surface area contributed by atoms with Crippen molar-refractivity contribution in [1.82, 2.24) is 9.69 Å². The lowest BCUT2D eigenvalue weighted by molar-refractivity contribution is -0.605. The molecule has 2 heterocycles. The molecular formula is C23H25N5O2S. The van der Waals surface area contributed by atoms with Crippen molar-refractivity contribution in [2.24, 2.45) is 5.92 Å². The molecule has 1 amide bonds. The van der Waals surface area contributed by atoms with Crippen molar-refractivity contribution in [2.75, 3.05) is 11.9 Å². The van der Waals surface area contributed by atoms with Crippen LogP contribution in [0.25, 0.3) is 22.3 Å². The van der Waals surface area contributed by atoms with Gasteiger partial charge in [-0.05, 0) is 47.5 Å². The molecule has 160 valence electrons. The van der Waals surface area contributed by atoms with Gasteiger partial charge in [-0.25, -0.2) is 0 Å². The van der Waals surface area contributed by atoms with Crippen molar-refractivity contribution < 1.29 is 9.52 Å². The fourth-order valence-corrected chi connectivity index (χ4v) is 4.23. The van der Waals surface area contributed by atoms with Crippen LogP contribution in [-0.2, 0) is 4.79 Å². The van der Waals surface area contributed by atoms with E-state index in [9.17, 15) is 10.0 Å². The molecule has 7 nitrogen and oxygen atoms in total. The van der Waals surface area contributed by atoms with Crippen LogP contribution in [0.5, 0.6) is 0 Å². The molecule has 2 N–H and O–H groups in total. The molecule has 31 heavy (non-hydrogen) atoms. The van der Waals surface area contributed by atoms with E-state index >= 15 is 0 Å². The zero-order valence-electron chi connectivity index (χ0n) is 17.8. The number of carbonyl (C=O) groups is 1. The summed E-state index contributed by atoms with van der Waals surface area (Å²) in [5.74, 6) is 0.114. The molecule has 0 unspecified atom stereocenters. The topological polar surface area (TPSA) is 105 Å². The first-order valence-corrected chi connectivity index (χ1v) is 10.8. The summed E-state index contributed by atoms with van der Waals surface area (Å²) in [5, 5.41) is 26.9. The van der Waals surface area contributed by atoms with E-state index in [0.29, 0.717) is 12.3 Å². The van der Waals surface area contributed by atoms with Gasteiger partial charge in [0.15, 0.2) is 12.4 Å². The minimum absolute atomic E-state index is 0.0169. The van der Waals surface area contributed by atoms with E-state index in [2.05, 4.69) is 28.9 Å². The Kier molecular flexibility index (Phi) is 7.21. The highest BCUT2D eigenvalue weighted by Crippen LogP contribution is 2.36. The van der Waals surface area contributed by atoms with Gasteiger partial charge < -0.3 is 15.8 Å². The molecule has 3 rings (SSSR count). The smallest absolute Gasteiger partial charge is 0.243 e. The summed E-state index contributed by atoms with van der Waals surface area (Å²) in [5.41, 5.74) is 4.81. The molecule has 0 aliphatic heterocycles. The maximum absolute atomic E-state index is 12.6. The highest BCUT2D eigenvalue weighted by Gasteiger charge is 2.23. The highest BCUT2D eigenvalue weighted by atomic mass is 32.1. The standard InChI is InChI=1S/C23H25N5O2S/c1-15(2)14-20(22(29)25-11-10-24)26-23-21(16(3)27-31-23)19-6-4-17(5-7-19)18-8-12-28(30)13-9-18/h4-9,12-13,15,20,26H,11,14H2,1-3H3,(H,25,29)/t20-/m0/s1. The van der Waals surface area contributed by atoms with Crippen LogP contribution in [0.2, 0.25) is 0 Å². The number of nitrogens with zero attached hydrogens (tertiary/aromatic N) is 3. The van der Waals surface area contributed by atoms with Crippen LogP contribution in [0, 0.1) is 29.4 Å². The number of hydrogen-bond donors (Lipinski definition) is 2. The lowest BCUT2D eigenvalue weighted by atomic mass is 10.00. The Hall–Kier alpha value is -3.44. The normalized spacial score (nSPS) is 11.7. The van der Waals surface area contributed by atoms with Gasteiger partial charge in [-0.2, -0.15) is 14.4 Å². The van der Waals surface area contributed by atoms with E-state index in [1.54, 1.807) is 12.1 Å². The first kappa shape index (κ1) is 22.2. The minimum Gasteiger partial charge on any atom is -0.619 e. The zero-order chi connectivity index (χ0) is 22.4. The molecule has 8 heteroatoms. The maximum Gasteiger partial charge on any atom is 0.243 e. The summed E-state index contributed by atoms with van der Waals surface area (Å²) in [6.45, 7) is 6.04. The largest absolute Gasteiger partial charge is 0.619 e. The van der Waals surface area contributed by atoms with Gasteiger partial charge in [-0.1, -0.05) is 38.1 Å². The predicted octanol–water partition coefficient (Wildman–Crippen LogP) is 3.89. The van der Waals surface area contributed by atoms with E-state index in [4.69, 9.17) is 5.26 Å². The summed E-state index contributed by atoms with van der Waals surface area (Å²) < 4.78 is 5.26. The van der Waals surface area contributed by atoms with Crippen molar-refractivity contribution >= 4 is 22.4 Å². The van der Waals surface area contributed by atoms with Gasteiger partial charge in [0.1, 0.15) is 17.6 Å². The van der Waals surface area contributed by atoms with Crippen LogP contribution in [0.4, 0.5) is 5.00 Å². The second-order valence-corrected chi connectivity index (χ2v) is 8.47. The number of nitrogens with one attached hydrogen (secondary N) is 2. The number of amides is 1. The number of nitriles is 1. The zero-order valence-corrected chi connectivity index (χ0v) is 18.6. The summed E-state index contributed by atoms with van der Waals surface area (Å²) in [7, 11) is 0. The average molecular weight is 436 g/mol. The van der Waals surface area contributed by atoms with Crippen LogP contribution in [0.3, 0.4) is 0 Å². The van der Waals surface area contributed by atoms with Crippen molar-refractivity contribution in [3.05, 3.63) is 59.7 Å². The van der Waals surface area contributed by atoms with Crippen LogP contribution in [0.15, 0.2) is 48.8 Å². The van der Waals surface area contributed by atoms with E-state index in [0.717, 1.165) is 37.7 Å². The number of pyridine rings is 1. The Morgan fingerprint density at radius 1 is 1.16 bits per heavy atom. The Balaban J connectivity index is 1.86. The van der Waals surface area contributed by atoms with Gasteiger partial charge in [-0.15, -0.1) is 0 Å². The Morgan fingerprint density at radius 3 is 2.39 bits per heavy atom. The van der Waals surface area contributed by atoms with Crippen molar-refractivity contribution in [2.45, 2.75) is 33.2 Å². The van der Waals surface area contributed by atoms with Gasteiger partial charge in [0.05, 0.1) is 11.8 Å². The van der Waals surface area contributed by atoms with Crippen molar-refractivity contribution in [3.8, 4) is 28.3 Å². The third kappa shape index (κ3) is 5.58. The number of aryl methyl sites for hydroxylation is 1. The van der Waals surface area contributed by atoms with Gasteiger partial charge in [-0.3, -0.25) is 4.79 Å². The lowest BCUT2D eigenvalue weighted by Gasteiger charge is -2.20. The average Bonchev–Trinajstić information content (AvgIpc) is 3.12.